The number of hydrogen-bond donors (Lipinski definition) is 0. The molecule has 0 unspecified atom stereocenters. The lowest BCUT2D eigenvalue weighted by atomic mass is 10.0. The van der Waals surface area contributed by atoms with Crippen molar-refractivity contribution in [3.8, 4) is 17.6 Å². The van der Waals surface area contributed by atoms with Gasteiger partial charge in [-0.3, -0.25) is 4.79 Å². The van der Waals surface area contributed by atoms with E-state index in [4.69, 9.17) is 14.7 Å². The lowest BCUT2D eigenvalue weighted by Gasteiger charge is -2.11. The maximum Gasteiger partial charge on any atom is 0.180 e. The van der Waals surface area contributed by atoms with E-state index in [-0.39, 0.29) is 12.2 Å². The van der Waals surface area contributed by atoms with E-state index < -0.39 is 0 Å². The number of aryl methyl sites for hydroxylation is 1. The third-order valence-electron chi connectivity index (χ3n) is 2.26. The molecule has 4 heteroatoms. The Balaban J connectivity index is 3.25. The van der Waals surface area contributed by atoms with Gasteiger partial charge in [-0.15, -0.1) is 0 Å². The van der Waals surface area contributed by atoms with Crippen molar-refractivity contribution in [2.75, 3.05) is 14.2 Å². The summed E-state index contributed by atoms with van der Waals surface area (Å²) >= 11 is 0. The molecule has 0 aliphatic carbocycles. The van der Waals surface area contributed by atoms with E-state index in [1.165, 1.54) is 14.2 Å². The van der Waals surface area contributed by atoms with Crippen LogP contribution in [0.1, 0.15) is 22.3 Å². The second kappa shape index (κ2) is 5.17. The van der Waals surface area contributed by atoms with Crippen molar-refractivity contribution in [3.63, 3.8) is 0 Å². The van der Waals surface area contributed by atoms with Crippen LogP contribution in [0.5, 0.6) is 11.5 Å². The third kappa shape index (κ3) is 2.31. The van der Waals surface area contributed by atoms with Crippen LogP contribution < -0.4 is 9.47 Å². The largest absolute Gasteiger partial charge is 0.496 e. The fraction of sp³-hybridized carbons (Fsp3) is 0.333. The highest BCUT2D eigenvalue weighted by Crippen LogP contribution is 2.28. The molecule has 1 aromatic carbocycles. The predicted octanol–water partition coefficient (Wildman–Crippen LogP) is 2.11. The highest BCUT2D eigenvalue weighted by Gasteiger charge is 2.15. The number of nitriles is 1. The van der Waals surface area contributed by atoms with Gasteiger partial charge in [0.1, 0.15) is 11.5 Å². The molecule has 0 radical (unpaired) electrons. The molecular formula is C12H13NO3. The van der Waals surface area contributed by atoms with Crippen molar-refractivity contribution in [2.24, 2.45) is 0 Å². The number of benzene rings is 1. The van der Waals surface area contributed by atoms with Crippen molar-refractivity contribution < 1.29 is 14.3 Å². The maximum atomic E-state index is 11.6. The predicted molar refractivity (Wildman–Crippen MR) is 58.8 cm³/mol. The van der Waals surface area contributed by atoms with Gasteiger partial charge in [0.25, 0.3) is 0 Å². The Hall–Kier alpha value is -2.02. The van der Waals surface area contributed by atoms with E-state index in [9.17, 15) is 4.79 Å². The molecule has 0 atom stereocenters. The number of rotatable bonds is 4. The Bertz CT molecular complexity index is 446. The van der Waals surface area contributed by atoms with Gasteiger partial charge < -0.3 is 9.47 Å². The number of ketones is 1. The van der Waals surface area contributed by atoms with Crippen molar-refractivity contribution in [3.05, 3.63) is 23.3 Å². The first-order valence-corrected chi connectivity index (χ1v) is 4.76. The molecule has 1 rings (SSSR count). The number of nitrogens with zero attached hydrogens (tertiary/aromatic N) is 1. The summed E-state index contributed by atoms with van der Waals surface area (Å²) in [5.74, 6) is 0.818. The molecule has 0 aliphatic rings. The molecule has 0 bridgehead atoms. The normalized spacial score (nSPS) is 9.38. The Morgan fingerprint density at radius 3 is 2.44 bits per heavy atom. The monoisotopic (exact) mass is 219 g/mol. The number of Topliss-reactive ketones (excluding diaryl/α,β-unsaturated/α-hetero) is 1. The Kier molecular flexibility index (Phi) is 3.90. The number of hydrogen-bond acceptors (Lipinski definition) is 4. The second-order valence-electron chi connectivity index (χ2n) is 3.28. The third-order valence-corrected chi connectivity index (χ3v) is 2.26. The van der Waals surface area contributed by atoms with Crippen LogP contribution in [0.4, 0.5) is 0 Å². The quantitative estimate of drug-likeness (QED) is 0.727. The number of carbonyl (C=O) groups is 1. The van der Waals surface area contributed by atoms with E-state index in [1.54, 1.807) is 12.1 Å². The molecule has 84 valence electrons. The zero-order chi connectivity index (χ0) is 12.1. The fourth-order valence-electron chi connectivity index (χ4n) is 1.44. The SMILES string of the molecule is COc1cc(C(=O)CC#N)c(OC)cc1C. The van der Waals surface area contributed by atoms with Crippen LogP contribution in [0.15, 0.2) is 12.1 Å². The van der Waals surface area contributed by atoms with Gasteiger partial charge in [0.05, 0.1) is 32.3 Å². The molecule has 0 saturated carbocycles. The molecule has 4 nitrogen and oxygen atoms in total. The fourth-order valence-corrected chi connectivity index (χ4v) is 1.44. The van der Waals surface area contributed by atoms with Crippen LogP contribution in [0, 0.1) is 18.3 Å². The molecule has 1 aromatic rings. The molecule has 0 aliphatic heterocycles. The van der Waals surface area contributed by atoms with Gasteiger partial charge in [0, 0.05) is 0 Å². The molecule has 16 heavy (non-hydrogen) atoms. The summed E-state index contributed by atoms with van der Waals surface area (Å²) in [5.41, 5.74) is 1.26. The summed E-state index contributed by atoms with van der Waals surface area (Å²) in [4.78, 5) is 11.6. The van der Waals surface area contributed by atoms with Gasteiger partial charge in [-0.25, -0.2) is 0 Å². The van der Waals surface area contributed by atoms with Gasteiger partial charge in [0.15, 0.2) is 5.78 Å². The molecule has 0 aromatic heterocycles. The van der Waals surface area contributed by atoms with Crippen LogP contribution in [-0.4, -0.2) is 20.0 Å². The van der Waals surface area contributed by atoms with Gasteiger partial charge in [0.2, 0.25) is 0 Å². The standard InChI is InChI=1S/C12H13NO3/c1-8-6-12(16-3)9(7-11(8)15-2)10(14)4-5-13/h6-7H,4H2,1-3H3. The van der Waals surface area contributed by atoms with Crippen LogP contribution in [0.25, 0.3) is 0 Å². The Labute approximate surface area is 94.4 Å². The summed E-state index contributed by atoms with van der Waals surface area (Å²) in [6.45, 7) is 1.86. The van der Waals surface area contributed by atoms with Crippen LogP contribution in [0.3, 0.4) is 0 Å². The van der Waals surface area contributed by atoms with Crippen LogP contribution >= 0.6 is 0 Å². The minimum Gasteiger partial charge on any atom is -0.496 e. The summed E-state index contributed by atoms with van der Waals surface area (Å²) < 4.78 is 10.2. The minimum atomic E-state index is -0.266. The van der Waals surface area contributed by atoms with E-state index >= 15 is 0 Å². The number of carbonyl (C=O) groups excluding carboxylic acids is 1. The lowest BCUT2D eigenvalue weighted by Crippen LogP contribution is -2.03. The highest BCUT2D eigenvalue weighted by atomic mass is 16.5. The van der Waals surface area contributed by atoms with E-state index in [0.29, 0.717) is 17.1 Å². The Morgan fingerprint density at radius 2 is 1.94 bits per heavy atom. The zero-order valence-electron chi connectivity index (χ0n) is 9.53. The van der Waals surface area contributed by atoms with E-state index in [2.05, 4.69) is 0 Å². The van der Waals surface area contributed by atoms with Gasteiger partial charge in [-0.05, 0) is 24.6 Å². The second-order valence-corrected chi connectivity index (χ2v) is 3.28. The van der Waals surface area contributed by atoms with Crippen molar-refractivity contribution >= 4 is 5.78 Å². The first-order chi connectivity index (χ1) is 7.63. The van der Waals surface area contributed by atoms with Crippen molar-refractivity contribution in [1.29, 1.82) is 5.26 Å². The molecule has 0 saturated heterocycles. The van der Waals surface area contributed by atoms with Crippen molar-refractivity contribution in [1.82, 2.24) is 0 Å². The van der Waals surface area contributed by atoms with E-state index in [0.717, 1.165) is 5.56 Å². The van der Waals surface area contributed by atoms with Gasteiger partial charge in [-0.1, -0.05) is 0 Å². The molecule has 0 amide bonds. The lowest BCUT2D eigenvalue weighted by molar-refractivity contribution is 0.0994. The molecule has 0 fully saturated rings. The van der Waals surface area contributed by atoms with Gasteiger partial charge in [-0.2, -0.15) is 5.26 Å². The minimum absolute atomic E-state index is 0.164. The number of ether oxygens (including phenoxy) is 2. The van der Waals surface area contributed by atoms with E-state index in [1.807, 2.05) is 13.0 Å². The average Bonchev–Trinajstić information content (AvgIpc) is 2.28. The summed E-state index contributed by atoms with van der Waals surface area (Å²) in [5, 5.41) is 8.50. The Morgan fingerprint density at radius 1 is 1.31 bits per heavy atom. The molecular weight excluding hydrogens is 206 g/mol. The molecule has 0 N–H and O–H groups in total. The molecule has 0 heterocycles. The number of methoxy groups -OCH3 is 2. The first kappa shape index (κ1) is 12.1. The van der Waals surface area contributed by atoms with Crippen LogP contribution in [0.2, 0.25) is 0 Å². The van der Waals surface area contributed by atoms with Crippen molar-refractivity contribution in [2.45, 2.75) is 13.3 Å². The average molecular weight is 219 g/mol. The summed E-state index contributed by atoms with van der Waals surface area (Å²) in [7, 11) is 3.03. The smallest absolute Gasteiger partial charge is 0.180 e. The first-order valence-electron chi connectivity index (χ1n) is 4.76. The van der Waals surface area contributed by atoms with Crippen LogP contribution in [-0.2, 0) is 0 Å². The highest BCUT2D eigenvalue weighted by molar-refractivity contribution is 6.00. The zero-order valence-corrected chi connectivity index (χ0v) is 9.53. The van der Waals surface area contributed by atoms with Gasteiger partial charge >= 0.3 is 0 Å². The summed E-state index contributed by atoms with van der Waals surface area (Å²) in [6.07, 6.45) is -0.164. The molecule has 0 spiro atoms. The topological polar surface area (TPSA) is 59.3 Å². The maximum absolute atomic E-state index is 11.6. The summed E-state index contributed by atoms with van der Waals surface area (Å²) in [6, 6.07) is 5.15.